The van der Waals surface area contributed by atoms with E-state index in [4.69, 9.17) is 0 Å². The van der Waals surface area contributed by atoms with Gasteiger partial charge in [0.1, 0.15) is 0 Å². The van der Waals surface area contributed by atoms with Crippen LogP contribution in [0, 0.1) is 10.1 Å². The maximum atomic E-state index is 12.0. The van der Waals surface area contributed by atoms with Crippen LogP contribution in [0.25, 0.3) is 0 Å². The topological polar surface area (TPSA) is 101 Å². The fourth-order valence-corrected chi connectivity index (χ4v) is 3.51. The van der Waals surface area contributed by atoms with Crippen LogP contribution >= 0.6 is 0 Å². The highest BCUT2D eigenvalue weighted by Crippen LogP contribution is 2.30. The minimum absolute atomic E-state index is 0.0537. The third-order valence-electron chi connectivity index (χ3n) is 3.83. The number of nitro groups is 1. The summed E-state index contributed by atoms with van der Waals surface area (Å²) in [6.07, 6.45) is 1.47. The molecule has 0 bridgehead atoms. The molecule has 8 nitrogen and oxygen atoms in total. The van der Waals surface area contributed by atoms with Crippen molar-refractivity contribution in [2.45, 2.75) is 18.2 Å². The molecule has 1 aromatic carbocycles. The lowest BCUT2D eigenvalue weighted by atomic mass is 10.2. The van der Waals surface area contributed by atoms with Gasteiger partial charge in [-0.3, -0.25) is 14.9 Å². The number of nitro benzene ring substituents is 1. The Morgan fingerprint density at radius 3 is 2.35 bits per heavy atom. The number of hydrogen-bond donors (Lipinski definition) is 0. The predicted molar refractivity (Wildman–Crippen MR) is 85.3 cm³/mol. The Morgan fingerprint density at radius 1 is 1.26 bits per heavy atom. The van der Waals surface area contributed by atoms with Crippen LogP contribution in [0.1, 0.15) is 13.3 Å². The minimum Gasteiger partial charge on any atom is -0.367 e. The molecule has 1 saturated heterocycles. The molecule has 0 N–H and O–H groups in total. The molecule has 0 atom stereocenters. The molecular weight excluding hydrogens is 322 g/mol. The van der Waals surface area contributed by atoms with Crippen LogP contribution in [0.2, 0.25) is 0 Å². The van der Waals surface area contributed by atoms with Crippen LogP contribution in [0.4, 0.5) is 11.4 Å². The summed E-state index contributed by atoms with van der Waals surface area (Å²) in [5.74, 6) is 0.0664. The van der Waals surface area contributed by atoms with Gasteiger partial charge >= 0.3 is 0 Å². The fraction of sp³-hybridized carbons (Fsp3) is 0.500. The summed E-state index contributed by atoms with van der Waals surface area (Å²) in [6, 6.07) is 3.85. The second-order valence-electron chi connectivity index (χ2n) is 5.40. The molecule has 1 fully saturated rings. The van der Waals surface area contributed by atoms with Gasteiger partial charge in [-0.05, 0) is 6.07 Å². The molecule has 126 valence electrons. The summed E-state index contributed by atoms with van der Waals surface area (Å²) in [4.78, 5) is 25.5. The number of carbonyl (C=O) groups excluding carboxylic acids is 1. The van der Waals surface area contributed by atoms with E-state index in [1.807, 2.05) is 4.90 Å². The third-order valence-corrected chi connectivity index (χ3v) is 4.96. The van der Waals surface area contributed by atoms with E-state index in [1.54, 1.807) is 11.8 Å². The second kappa shape index (κ2) is 6.53. The highest BCUT2D eigenvalue weighted by molar-refractivity contribution is 7.90. The van der Waals surface area contributed by atoms with Gasteiger partial charge in [0.05, 0.1) is 15.5 Å². The van der Waals surface area contributed by atoms with E-state index in [9.17, 15) is 23.3 Å². The lowest BCUT2D eigenvalue weighted by Gasteiger charge is -2.36. The Balaban J connectivity index is 2.30. The molecule has 0 saturated carbocycles. The first-order chi connectivity index (χ1) is 10.7. The summed E-state index contributed by atoms with van der Waals surface area (Å²) < 4.78 is 24.0. The Kier molecular flexibility index (Phi) is 4.88. The number of benzene rings is 1. The van der Waals surface area contributed by atoms with Crippen LogP contribution in [-0.4, -0.2) is 56.6 Å². The van der Waals surface area contributed by atoms with Crippen molar-refractivity contribution in [1.82, 2.24) is 4.90 Å². The van der Waals surface area contributed by atoms with Crippen molar-refractivity contribution < 1.29 is 18.1 Å². The summed E-state index contributed by atoms with van der Waals surface area (Å²) in [5, 5.41) is 10.9. The number of carbonyl (C=O) groups is 1. The fourth-order valence-electron chi connectivity index (χ4n) is 2.59. The molecule has 0 aromatic heterocycles. The van der Waals surface area contributed by atoms with Crippen LogP contribution in [0.3, 0.4) is 0 Å². The standard InChI is InChI=1S/C14H19N3O5S/c1-3-14(18)16-8-6-15(7-9-16)12-5-4-11(17(19)20)10-13(12)23(2,21)22/h4-5,10H,3,6-9H2,1-2H3. The Labute approximate surface area is 134 Å². The van der Waals surface area contributed by atoms with Crippen LogP contribution < -0.4 is 4.90 Å². The zero-order valence-corrected chi connectivity index (χ0v) is 13.9. The first-order valence-corrected chi connectivity index (χ1v) is 9.14. The van der Waals surface area contributed by atoms with Crippen molar-refractivity contribution in [3.63, 3.8) is 0 Å². The third kappa shape index (κ3) is 3.79. The van der Waals surface area contributed by atoms with E-state index in [2.05, 4.69) is 0 Å². The maximum absolute atomic E-state index is 12.0. The number of hydrogen-bond acceptors (Lipinski definition) is 6. The van der Waals surface area contributed by atoms with Gasteiger partial charge in [-0.1, -0.05) is 6.92 Å². The number of non-ortho nitro benzene ring substituents is 1. The van der Waals surface area contributed by atoms with E-state index in [0.717, 1.165) is 12.3 Å². The largest absolute Gasteiger partial charge is 0.367 e. The quantitative estimate of drug-likeness (QED) is 0.599. The Hall–Kier alpha value is -2.16. The zero-order valence-electron chi connectivity index (χ0n) is 13.1. The molecule has 0 unspecified atom stereocenters. The van der Waals surface area contributed by atoms with Crippen LogP contribution in [-0.2, 0) is 14.6 Å². The van der Waals surface area contributed by atoms with Gasteiger partial charge in [0.2, 0.25) is 5.91 Å². The summed E-state index contributed by atoms with van der Waals surface area (Å²) in [6.45, 7) is 3.80. The molecule has 1 heterocycles. The van der Waals surface area contributed by atoms with Gasteiger partial charge in [-0.2, -0.15) is 0 Å². The van der Waals surface area contributed by atoms with E-state index >= 15 is 0 Å². The Bertz CT molecular complexity index is 724. The molecule has 23 heavy (non-hydrogen) atoms. The van der Waals surface area contributed by atoms with Gasteiger partial charge in [0.25, 0.3) is 5.69 Å². The van der Waals surface area contributed by atoms with Crippen molar-refractivity contribution in [3.05, 3.63) is 28.3 Å². The highest BCUT2D eigenvalue weighted by Gasteiger charge is 2.26. The average Bonchev–Trinajstić information content (AvgIpc) is 2.52. The smallest absolute Gasteiger partial charge is 0.270 e. The molecule has 1 aliphatic rings. The second-order valence-corrected chi connectivity index (χ2v) is 7.39. The molecule has 1 aromatic rings. The lowest BCUT2D eigenvalue weighted by Crippen LogP contribution is -2.48. The van der Waals surface area contributed by atoms with Gasteiger partial charge in [0.15, 0.2) is 9.84 Å². The number of piperazine rings is 1. The SMILES string of the molecule is CCC(=O)N1CCN(c2ccc([N+](=O)[O-])cc2S(C)(=O)=O)CC1. The summed E-state index contributed by atoms with van der Waals surface area (Å²) >= 11 is 0. The van der Waals surface area contributed by atoms with E-state index in [1.165, 1.54) is 12.1 Å². The van der Waals surface area contributed by atoms with Crippen molar-refractivity contribution in [2.75, 3.05) is 37.3 Å². The number of nitrogens with zero attached hydrogens (tertiary/aromatic N) is 3. The van der Waals surface area contributed by atoms with E-state index in [0.29, 0.717) is 38.3 Å². The van der Waals surface area contributed by atoms with Crippen molar-refractivity contribution in [3.8, 4) is 0 Å². The van der Waals surface area contributed by atoms with Gasteiger partial charge in [-0.15, -0.1) is 0 Å². The van der Waals surface area contributed by atoms with Crippen molar-refractivity contribution >= 4 is 27.1 Å². The normalized spacial score (nSPS) is 15.6. The molecule has 2 rings (SSSR count). The first-order valence-electron chi connectivity index (χ1n) is 7.25. The minimum atomic E-state index is -3.60. The number of anilines is 1. The monoisotopic (exact) mass is 341 g/mol. The summed E-state index contributed by atoms with van der Waals surface area (Å²) in [5.41, 5.74) is 0.190. The highest BCUT2D eigenvalue weighted by atomic mass is 32.2. The number of rotatable bonds is 4. The number of amides is 1. The zero-order chi connectivity index (χ0) is 17.2. The first kappa shape index (κ1) is 17.2. The summed E-state index contributed by atoms with van der Waals surface area (Å²) in [7, 11) is -3.60. The van der Waals surface area contributed by atoms with Gasteiger partial charge < -0.3 is 9.80 Å². The predicted octanol–water partition coefficient (Wildman–Crippen LogP) is 1.06. The molecule has 0 aliphatic carbocycles. The van der Waals surface area contributed by atoms with E-state index in [-0.39, 0.29) is 16.5 Å². The average molecular weight is 341 g/mol. The van der Waals surface area contributed by atoms with Crippen molar-refractivity contribution in [2.24, 2.45) is 0 Å². The Morgan fingerprint density at radius 2 is 1.87 bits per heavy atom. The molecule has 1 aliphatic heterocycles. The molecular formula is C14H19N3O5S. The van der Waals surface area contributed by atoms with E-state index < -0.39 is 14.8 Å². The van der Waals surface area contributed by atoms with Gasteiger partial charge in [0, 0.05) is 51.0 Å². The lowest BCUT2D eigenvalue weighted by molar-refractivity contribution is -0.385. The maximum Gasteiger partial charge on any atom is 0.270 e. The van der Waals surface area contributed by atoms with Crippen molar-refractivity contribution in [1.29, 1.82) is 0 Å². The van der Waals surface area contributed by atoms with Gasteiger partial charge in [-0.25, -0.2) is 8.42 Å². The molecule has 0 radical (unpaired) electrons. The molecule has 9 heteroatoms. The molecule has 0 spiro atoms. The number of sulfone groups is 1. The van der Waals surface area contributed by atoms with Crippen LogP contribution in [0.5, 0.6) is 0 Å². The molecule has 1 amide bonds. The van der Waals surface area contributed by atoms with Crippen LogP contribution in [0.15, 0.2) is 23.1 Å².